The number of aromatic nitrogens is 1. The van der Waals surface area contributed by atoms with E-state index in [1.165, 1.54) is 17.7 Å². The fraction of sp³-hybridized carbons (Fsp3) is 0.429. The third-order valence-corrected chi connectivity index (χ3v) is 7.07. The molecule has 1 aromatic heterocycles. The summed E-state index contributed by atoms with van der Waals surface area (Å²) >= 11 is 0. The van der Waals surface area contributed by atoms with E-state index in [9.17, 15) is 18.0 Å². The molecule has 9 heteroatoms. The van der Waals surface area contributed by atoms with Gasteiger partial charge in [-0.05, 0) is 61.6 Å². The number of carbonyl (C=O) groups is 1. The van der Waals surface area contributed by atoms with Gasteiger partial charge >= 0.3 is 0 Å². The Labute approximate surface area is 176 Å². The van der Waals surface area contributed by atoms with Crippen molar-refractivity contribution < 1.29 is 17.9 Å². The van der Waals surface area contributed by atoms with Crippen LogP contribution in [0.2, 0.25) is 0 Å². The van der Waals surface area contributed by atoms with Crippen LogP contribution in [0.5, 0.6) is 5.75 Å². The van der Waals surface area contributed by atoms with Gasteiger partial charge in [0.05, 0.1) is 12.0 Å². The van der Waals surface area contributed by atoms with E-state index in [4.69, 9.17) is 4.74 Å². The number of piperidine rings is 1. The van der Waals surface area contributed by atoms with Gasteiger partial charge in [-0.25, -0.2) is 13.1 Å². The number of aryl methyl sites for hydroxylation is 2. The summed E-state index contributed by atoms with van der Waals surface area (Å²) in [7, 11) is -0.480. The molecular weight excluding hydrogens is 406 g/mol. The van der Waals surface area contributed by atoms with Gasteiger partial charge in [0.1, 0.15) is 11.3 Å². The zero-order chi connectivity index (χ0) is 21.9. The Kier molecular flexibility index (Phi) is 6.62. The van der Waals surface area contributed by atoms with Crippen LogP contribution < -0.4 is 15.0 Å². The number of likely N-dealkylation sites (tertiary alicyclic amines) is 1. The monoisotopic (exact) mass is 433 g/mol. The highest BCUT2D eigenvalue weighted by molar-refractivity contribution is 7.89. The van der Waals surface area contributed by atoms with Crippen LogP contribution in [0.25, 0.3) is 0 Å². The lowest BCUT2D eigenvalue weighted by Crippen LogP contribution is -2.43. The summed E-state index contributed by atoms with van der Waals surface area (Å²) in [6, 6.07) is 8.07. The summed E-state index contributed by atoms with van der Waals surface area (Å²) in [6.45, 7) is 3.02. The van der Waals surface area contributed by atoms with Crippen LogP contribution in [0.15, 0.2) is 46.2 Å². The average molecular weight is 434 g/mol. The third-order valence-electron chi connectivity index (χ3n) is 5.49. The molecule has 0 bridgehead atoms. The van der Waals surface area contributed by atoms with Crippen molar-refractivity contribution in [1.82, 2.24) is 14.2 Å². The van der Waals surface area contributed by atoms with Crippen LogP contribution in [0, 0.1) is 12.8 Å². The molecule has 0 spiro atoms. The first-order chi connectivity index (χ1) is 14.2. The first kappa shape index (κ1) is 22.0. The number of carbonyl (C=O) groups excluding carboxylic acids is 1. The first-order valence-corrected chi connectivity index (χ1v) is 11.3. The number of sulfonamides is 1. The molecule has 1 saturated heterocycles. The third kappa shape index (κ3) is 4.73. The summed E-state index contributed by atoms with van der Waals surface area (Å²) in [5.74, 6) is 0.460. The van der Waals surface area contributed by atoms with Crippen molar-refractivity contribution >= 4 is 15.9 Å². The maximum Gasteiger partial charge on any atom is 0.263 e. The molecule has 0 radical (unpaired) electrons. The van der Waals surface area contributed by atoms with Crippen LogP contribution in [-0.2, 0) is 17.1 Å². The van der Waals surface area contributed by atoms with Crippen LogP contribution in [0.4, 0.5) is 0 Å². The van der Waals surface area contributed by atoms with Crippen molar-refractivity contribution in [2.45, 2.75) is 24.7 Å². The number of nitrogens with one attached hydrogen (secondary N) is 1. The van der Waals surface area contributed by atoms with Gasteiger partial charge in [-0.15, -0.1) is 0 Å². The van der Waals surface area contributed by atoms with Crippen LogP contribution >= 0.6 is 0 Å². The first-order valence-electron chi connectivity index (χ1n) is 9.82. The molecule has 1 aliphatic rings. The second-order valence-electron chi connectivity index (χ2n) is 7.56. The number of amides is 1. The predicted octanol–water partition coefficient (Wildman–Crippen LogP) is 1.53. The highest BCUT2D eigenvalue weighted by Gasteiger charge is 2.26. The molecule has 1 N–H and O–H groups in total. The lowest BCUT2D eigenvalue weighted by Gasteiger charge is -2.32. The number of hydrogen-bond acceptors (Lipinski definition) is 5. The standard InChI is InChI=1S/C21H27N3O5S/c1-15-13-17(29-3)6-7-19(15)30(27,28)22-14-16-8-11-24(12-9-16)21(26)18-5-4-10-23(2)20(18)25/h4-7,10,13,16,22H,8-9,11-12,14H2,1-3H3. The van der Waals surface area contributed by atoms with Crippen LogP contribution in [-0.4, -0.2) is 50.5 Å². The van der Waals surface area contributed by atoms with Crippen molar-refractivity contribution in [3.63, 3.8) is 0 Å². The second-order valence-corrected chi connectivity index (χ2v) is 9.29. The topological polar surface area (TPSA) is 97.7 Å². The number of hydrogen-bond donors (Lipinski definition) is 1. The lowest BCUT2D eigenvalue weighted by atomic mass is 9.97. The Balaban J connectivity index is 1.58. The van der Waals surface area contributed by atoms with E-state index in [-0.39, 0.29) is 27.8 Å². The van der Waals surface area contributed by atoms with Gasteiger partial charge in [0.2, 0.25) is 10.0 Å². The number of pyridine rings is 1. The van der Waals surface area contributed by atoms with Gasteiger partial charge in [0.25, 0.3) is 11.5 Å². The molecule has 2 heterocycles. The highest BCUT2D eigenvalue weighted by Crippen LogP contribution is 2.22. The van der Waals surface area contributed by atoms with Crippen LogP contribution in [0.3, 0.4) is 0 Å². The molecule has 1 amide bonds. The van der Waals surface area contributed by atoms with Crippen molar-refractivity contribution in [2.24, 2.45) is 13.0 Å². The number of nitrogens with zero attached hydrogens (tertiary/aromatic N) is 2. The Morgan fingerprint density at radius 3 is 2.57 bits per heavy atom. The summed E-state index contributed by atoms with van der Waals surface area (Å²) < 4.78 is 34.5. The van der Waals surface area contributed by atoms with Gasteiger partial charge in [0, 0.05) is 32.9 Å². The summed E-state index contributed by atoms with van der Waals surface area (Å²) in [5, 5.41) is 0. The molecular formula is C21H27N3O5S. The molecule has 0 saturated carbocycles. The number of rotatable bonds is 6. The van der Waals surface area contributed by atoms with Gasteiger partial charge in [0.15, 0.2) is 0 Å². The van der Waals surface area contributed by atoms with E-state index in [0.717, 1.165) is 0 Å². The van der Waals surface area contributed by atoms with Crippen molar-refractivity contribution in [2.75, 3.05) is 26.7 Å². The summed E-state index contributed by atoms with van der Waals surface area (Å²) in [4.78, 5) is 26.7. The van der Waals surface area contributed by atoms with Gasteiger partial charge in [-0.2, -0.15) is 0 Å². The van der Waals surface area contributed by atoms with Crippen molar-refractivity contribution in [3.8, 4) is 5.75 Å². The number of ether oxygens (including phenoxy) is 1. The van der Waals surface area contributed by atoms with E-state index in [2.05, 4.69) is 4.72 Å². The Hall–Kier alpha value is -2.65. The molecule has 1 aromatic carbocycles. The Bertz CT molecular complexity index is 1090. The Morgan fingerprint density at radius 2 is 1.93 bits per heavy atom. The minimum absolute atomic E-state index is 0.126. The SMILES string of the molecule is COc1ccc(S(=O)(=O)NCC2CCN(C(=O)c3cccn(C)c3=O)CC2)c(C)c1. The average Bonchev–Trinajstić information content (AvgIpc) is 2.74. The van der Waals surface area contributed by atoms with Crippen molar-refractivity contribution in [1.29, 1.82) is 0 Å². The number of methoxy groups -OCH3 is 1. The molecule has 0 atom stereocenters. The molecule has 8 nitrogen and oxygen atoms in total. The van der Waals surface area contributed by atoms with E-state index in [1.54, 1.807) is 49.3 Å². The molecule has 30 heavy (non-hydrogen) atoms. The normalized spacial score (nSPS) is 15.2. The van der Waals surface area contributed by atoms with Crippen molar-refractivity contribution in [3.05, 3.63) is 58.0 Å². The van der Waals surface area contributed by atoms with E-state index in [1.807, 2.05) is 0 Å². The smallest absolute Gasteiger partial charge is 0.263 e. The fourth-order valence-corrected chi connectivity index (χ4v) is 4.97. The zero-order valence-electron chi connectivity index (χ0n) is 17.4. The molecule has 1 aliphatic heterocycles. The molecule has 2 aromatic rings. The minimum atomic E-state index is -3.63. The fourth-order valence-electron chi connectivity index (χ4n) is 3.63. The van der Waals surface area contributed by atoms with E-state index >= 15 is 0 Å². The van der Waals surface area contributed by atoms with Gasteiger partial charge in [-0.3, -0.25) is 9.59 Å². The summed E-state index contributed by atoms with van der Waals surface area (Å²) in [6.07, 6.45) is 2.95. The van der Waals surface area contributed by atoms with E-state index < -0.39 is 10.0 Å². The maximum absolute atomic E-state index is 12.7. The second kappa shape index (κ2) is 9.01. The number of benzene rings is 1. The van der Waals surface area contributed by atoms with Crippen LogP contribution in [0.1, 0.15) is 28.8 Å². The minimum Gasteiger partial charge on any atom is -0.497 e. The quantitative estimate of drug-likeness (QED) is 0.745. The molecule has 3 rings (SSSR count). The molecule has 0 unspecified atom stereocenters. The summed E-state index contributed by atoms with van der Waals surface area (Å²) in [5.41, 5.74) is 0.466. The van der Waals surface area contributed by atoms with E-state index in [0.29, 0.717) is 43.8 Å². The predicted molar refractivity (Wildman–Crippen MR) is 113 cm³/mol. The highest BCUT2D eigenvalue weighted by atomic mass is 32.2. The largest absolute Gasteiger partial charge is 0.497 e. The van der Waals surface area contributed by atoms with Gasteiger partial charge in [-0.1, -0.05) is 0 Å². The molecule has 162 valence electrons. The molecule has 1 fully saturated rings. The zero-order valence-corrected chi connectivity index (χ0v) is 18.2. The maximum atomic E-state index is 12.7. The molecule has 0 aliphatic carbocycles. The van der Waals surface area contributed by atoms with Gasteiger partial charge < -0.3 is 14.2 Å². The lowest BCUT2D eigenvalue weighted by molar-refractivity contribution is 0.0689. The Morgan fingerprint density at radius 1 is 1.23 bits per heavy atom.